The van der Waals surface area contributed by atoms with E-state index >= 15 is 0 Å². The first-order valence-electron chi connectivity index (χ1n) is 9.83. The van der Waals surface area contributed by atoms with Crippen LogP contribution in [0, 0.1) is 6.92 Å². The number of aromatic nitrogens is 2. The van der Waals surface area contributed by atoms with Gasteiger partial charge in [0.15, 0.2) is 10.3 Å². The van der Waals surface area contributed by atoms with Gasteiger partial charge >= 0.3 is 0 Å². The Kier molecular flexibility index (Phi) is 6.53. The number of hydrogen-bond donors (Lipinski definition) is 0. The summed E-state index contributed by atoms with van der Waals surface area (Å²) in [6.07, 6.45) is 3.13. The van der Waals surface area contributed by atoms with Crippen LogP contribution in [0.15, 0.2) is 77.5 Å². The molecular weight excluding hydrogens is 440 g/mol. The highest BCUT2D eigenvalue weighted by atomic mass is 32.1. The monoisotopic (exact) mass is 460 g/mol. The quantitative estimate of drug-likeness (QED) is 0.333. The number of amides is 2. The van der Waals surface area contributed by atoms with Gasteiger partial charge in [0.05, 0.1) is 22.8 Å². The van der Waals surface area contributed by atoms with Crippen LogP contribution in [0.2, 0.25) is 0 Å². The van der Waals surface area contributed by atoms with E-state index in [9.17, 15) is 9.59 Å². The van der Waals surface area contributed by atoms with Gasteiger partial charge in [0.2, 0.25) is 5.91 Å². The minimum absolute atomic E-state index is 0.133. The van der Waals surface area contributed by atoms with E-state index < -0.39 is 0 Å². The van der Waals surface area contributed by atoms with E-state index in [0.29, 0.717) is 16.0 Å². The standard InChI is InChI=1S/C24H20N4O2S2/c1-17-15-31-23(25-17)28(21-11-7-4-8-12-21)22(30)14-13-19-16-32-24(26-19)27(18(2)29)20-9-5-3-6-10-20/h3-16H,1-2H3/b14-13+. The van der Waals surface area contributed by atoms with Gasteiger partial charge in [0, 0.05) is 23.8 Å². The SMILES string of the molecule is CC(=O)N(c1ccccc1)c1nc(/C=C/C(=O)N(c2ccccc2)c2nc(C)cs2)cs1. The average molecular weight is 461 g/mol. The Morgan fingerprint density at radius 3 is 1.94 bits per heavy atom. The fraction of sp³-hybridized carbons (Fsp3) is 0.0833. The maximum Gasteiger partial charge on any atom is 0.257 e. The third-order valence-electron chi connectivity index (χ3n) is 4.46. The largest absolute Gasteiger partial charge is 0.274 e. The molecule has 0 aliphatic heterocycles. The molecule has 2 heterocycles. The summed E-state index contributed by atoms with van der Waals surface area (Å²) in [5, 5.41) is 4.88. The molecule has 8 heteroatoms. The molecule has 0 atom stereocenters. The van der Waals surface area contributed by atoms with E-state index in [0.717, 1.165) is 17.1 Å². The van der Waals surface area contributed by atoms with Gasteiger partial charge in [-0.25, -0.2) is 9.97 Å². The van der Waals surface area contributed by atoms with Gasteiger partial charge in [0.25, 0.3) is 5.91 Å². The van der Waals surface area contributed by atoms with Gasteiger partial charge in [-0.05, 0) is 37.3 Å². The summed E-state index contributed by atoms with van der Waals surface area (Å²) in [5.74, 6) is -0.363. The number of benzene rings is 2. The maximum atomic E-state index is 13.1. The summed E-state index contributed by atoms with van der Waals surface area (Å²) in [5.41, 5.74) is 2.94. The van der Waals surface area contributed by atoms with Gasteiger partial charge in [-0.3, -0.25) is 19.4 Å². The highest BCUT2D eigenvalue weighted by Gasteiger charge is 2.20. The summed E-state index contributed by atoms with van der Waals surface area (Å²) >= 11 is 2.76. The van der Waals surface area contributed by atoms with Crippen LogP contribution >= 0.6 is 22.7 Å². The third kappa shape index (κ3) is 4.82. The van der Waals surface area contributed by atoms with Crippen molar-refractivity contribution in [3.8, 4) is 0 Å². The molecule has 0 radical (unpaired) electrons. The molecule has 4 aromatic rings. The summed E-state index contributed by atoms with van der Waals surface area (Å²) < 4.78 is 0. The van der Waals surface area contributed by atoms with Crippen LogP contribution in [0.5, 0.6) is 0 Å². The Balaban J connectivity index is 1.59. The molecule has 0 unspecified atom stereocenters. The predicted molar refractivity (Wildman–Crippen MR) is 131 cm³/mol. The minimum atomic E-state index is -0.230. The molecule has 160 valence electrons. The second-order valence-corrected chi connectivity index (χ2v) is 8.53. The first kappa shape index (κ1) is 21.6. The van der Waals surface area contributed by atoms with E-state index in [2.05, 4.69) is 9.97 Å². The van der Waals surface area contributed by atoms with E-state index in [1.165, 1.54) is 35.7 Å². The Bertz CT molecular complexity index is 1250. The van der Waals surface area contributed by atoms with Crippen molar-refractivity contribution in [2.24, 2.45) is 0 Å². The van der Waals surface area contributed by atoms with Crippen molar-refractivity contribution in [1.29, 1.82) is 0 Å². The Morgan fingerprint density at radius 2 is 1.38 bits per heavy atom. The summed E-state index contributed by atoms with van der Waals surface area (Å²) in [6.45, 7) is 3.40. The summed E-state index contributed by atoms with van der Waals surface area (Å²) in [7, 11) is 0. The molecule has 2 aromatic heterocycles. The van der Waals surface area contributed by atoms with Crippen molar-refractivity contribution < 1.29 is 9.59 Å². The molecule has 0 saturated heterocycles. The van der Waals surface area contributed by atoms with Crippen molar-refractivity contribution in [3.63, 3.8) is 0 Å². The first-order chi connectivity index (χ1) is 15.5. The number of anilines is 4. The fourth-order valence-electron chi connectivity index (χ4n) is 3.04. The second-order valence-electron chi connectivity index (χ2n) is 6.86. The molecule has 0 N–H and O–H groups in total. The molecule has 0 bridgehead atoms. The number of aryl methyl sites for hydroxylation is 1. The lowest BCUT2D eigenvalue weighted by Crippen LogP contribution is -2.23. The Morgan fingerprint density at radius 1 is 0.812 bits per heavy atom. The number of thiazole rings is 2. The van der Waals surface area contributed by atoms with Gasteiger partial charge < -0.3 is 0 Å². The topological polar surface area (TPSA) is 66.4 Å². The Labute approximate surface area is 194 Å². The highest BCUT2D eigenvalue weighted by molar-refractivity contribution is 7.14. The number of para-hydroxylation sites is 2. The lowest BCUT2D eigenvalue weighted by atomic mass is 10.3. The number of nitrogens with zero attached hydrogens (tertiary/aromatic N) is 4. The van der Waals surface area contributed by atoms with Gasteiger partial charge in [-0.1, -0.05) is 36.4 Å². The van der Waals surface area contributed by atoms with Gasteiger partial charge in [0.1, 0.15) is 0 Å². The van der Waals surface area contributed by atoms with Crippen LogP contribution in [0.4, 0.5) is 21.6 Å². The second kappa shape index (κ2) is 9.67. The van der Waals surface area contributed by atoms with E-state index in [1.54, 1.807) is 15.9 Å². The maximum absolute atomic E-state index is 13.1. The van der Waals surface area contributed by atoms with Gasteiger partial charge in [-0.2, -0.15) is 0 Å². The molecule has 4 rings (SSSR count). The van der Waals surface area contributed by atoms with Crippen LogP contribution in [-0.4, -0.2) is 21.8 Å². The molecule has 0 saturated carbocycles. The number of rotatable bonds is 6. The summed E-state index contributed by atoms with van der Waals surface area (Å²) in [4.78, 5) is 37.5. The molecule has 0 spiro atoms. The zero-order valence-corrected chi connectivity index (χ0v) is 19.1. The van der Waals surface area contributed by atoms with Crippen LogP contribution in [0.3, 0.4) is 0 Å². The number of carbonyl (C=O) groups excluding carboxylic acids is 2. The van der Waals surface area contributed by atoms with Crippen molar-refractivity contribution in [2.45, 2.75) is 13.8 Å². The zero-order chi connectivity index (χ0) is 22.5. The highest BCUT2D eigenvalue weighted by Crippen LogP contribution is 2.30. The Hall–Kier alpha value is -3.62. The van der Waals surface area contributed by atoms with Crippen LogP contribution < -0.4 is 9.80 Å². The molecule has 2 amide bonds. The van der Waals surface area contributed by atoms with Crippen molar-refractivity contribution in [3.05, 3.63) is 88.9 Å². The van der Waals surface area contributed by atoms with Crippen molar-refractivity contribution in [2.75, 3.05) is 9.80 Å². The average Bonchev–Trinajstić information content (AvgIpc) is 3.43. The molecule has 0 fully saturated rings. The number of hydrogen-bond acceptors (Lipinski definition) is 6. The van der Waals surface area contributed by atoms with Crippen LogP contribution in [-0.2, 0) is 9.59 Å². The molecular formula is C24H20N4O2S2. The normalized spacial score (nSPS) is 10.9. The lowest BCUT2D eigenvalue weighted by molar-refractivity contribution is -0.116. The molecule has 2 aromatic carbocycles. The molecule has 0 aliphatic rings. The first-order valence-corrected chi connectivity index (χ1v) is 11.6. The lowest BCUT2D eigenvalue weighted by Gasteiger charge is -2.18. The summed E-state index contributed by atoms with van der Waals surface area (Å²) in [6, 6.07) is 18.8. The minimum Gasteiger partial charge on any atom is -0.274 e. The molecule has 0 aliphatic carbocycles. The third-order valence-corrected chi connectivity index (χ3v) is 6.25. The van der Waals surface area contributed by atoms with Crippen LogP contribution in [0.1, 0.15) is 18.3 Å². The van der Waals surface area contributed by atoms with Crippen LogP contribution in [0.25, 0.3) is 6.08 Å². The van der Waals surface area contributed by atoms with Gasteiger partial charge in [-0.15, -0.1) is 22.7 Å². The predicted octanol–water partition coefficient (Wildman–Crippen LogP) is 5.97. The molecule has 6 nitrogen and oxygen atoms in total. The smallest absolute Gasteiger partial charge is 0.257 e. The van der Waals surface area contributed by atoms with E-state index in [4.69, 9.17) is 0 Å². The van der Waals surface area contributed by atoms with Crippen molar-refractivity contribution >= 4 is 62.2 Å². The van der Waals surface area contributed by atoms with E-state index in [1.807, 2.05) is 78.3 Å². The number of carbonyl (C=O) groups is 2. The fourth-order valence-corrected chi connectivity index (χ4v) is 4.73. The van der Waals surface area contributed by atoms with Crippen molar-refractivity contribution in [1.82, 2.24) is 9.97 Å². The molecule has 32 heavy (non-hydrogen) atoms. The zero-order valence-electron chi connectivity index (χ0n) is 17.5. The van der Waals surface area contributed by atoms with E-state index in [-0.39, 0.29) is 11.8 Å².